The van der Waals surface area contributed by atoms with Gasteiger partial charge in [-0.15, -0.1) is 0 Å². The van der Waals surface area contributed by atoms with Crippen LogP contribution in [0.15, 0.2) is 24.3 Å². The van der Waals surface area contributed by atoms with Gasteiger partial charge in [0, 0.05) is 37.7 Å². The number of rotatable bonds is 2. The van der Waals surface area contributed by atoms with Gasteiger partial charge in [0.25, 0.3) is 5.92 Å². The monoisotopic (exact) mass is 391 g/mol. The van der Waals surface area contributed by atoms with Crippen LogP contribution in [0, 0.1) is 5.92 Å². The van der Waals surface area contributed by atoms with Gasteiger partial charge in [-0.1, -0.05) is 18.2 Å². The average molecular weight is 391 g/mol. The second-order valence-electron chi connectivity index (χ2n) is 8.15. The third kappa shape index (κ3) is 3.90. The van der Waals surface area contributed by atoms with Crippen LogP contribution in [0.5, 0.6) is 0 Å². The fourth-order valence-corrected chi connectivity index (χ4v) is 4.59. The van der Waals surface area contributed by atoms with Gasteiger partial charge in [0.1, 0.15) is 0 Å². The Morgan fingerprint density at radius 3 is 2.57 bits per heavy atom. The molecule has 1 aromatic rings. The third-order valence-electron chi connectivity index (χ3n) is 6.25. The predicted octanol–water partition coefficient (Wildman–Crippen LogP) is 2.59. The van der Waals surface area contributed by atoms with Crippen molar-refractivity contribution < 1.29 is 18.4 Å². The van der Waals surface area contributed by atoms with E-state index in [1.807, 2.05) is 23.1 Å². The topological polar surface area (TPSA) is 52.7 Å². The molecule has 0 saturated carbocycles. The second-order valence-corrected chi connectivity index (χ2v) is 8.15. The molecule has 3 heterocycles. The molecule has 2 amide bonds. The largest absolute Gasteiger partial charge is 0.341 e. The number of amides is 2. The number of hydrogen-bond donors (Lipinski definition) is 1. The summed E-state index contributed by atoms with van der Waals surface area (Å²) in [6.45, 7) is 1.31. The number of hydrogen-bond acceptors (Lipinski definition) is 3. The Morgan fingerprint density at radius 2 is 1.79 bits per heavy atom. The maximum Gasteiger partial charge on any atom is 0.260 e. The van der Waals surface area contributed by atoms with E-state index in [1.54, 1.807) is 4.90 Å². The molecule has 28 heavy (non-hydrogen) atoms. The highest BCUT2D eigenvalue weighted by atomic mass is 19.3. The normalized spacial score (nSPS) is 25.3. The summed E-state index contributed by atoms with van der Waals surface area (Å²) >= 11 is 0. The van der Waals surface area contributed by atoms with Crippen molar-refractivity contribution in [2.24, 2.45) is 5.92 Å². The first-order valence-corrected chi connectivity index (χ1v) is 10.2. The molecule has 152 valence electrons. The van der Waals surface area contributed by atoms with Gasteiger partial charge in [0.05, 0.1) is 12.6 Å². The van der Waals surface area contributed by atoms with Gasteiger partial charge in [-0.05, 0) is 43.7 Å². The highest BCUT2D eigenvalue weighted by Crippen LogP contribution is 2.31. The lowest BCUT2D eigenvalue weighted by atomic mass is 9.94. The minimum atomic E-state index is -2.74. The molecule has 4 rings (SSSR count). The minimum absolute atomic E-state index is 0.0818. The highest BCUT2D eigenvalue weighted by Gasteiger charge is 2.38. The number of nitrogens with zero attached hydrogens (tertiary/aromatic N) is 2. The smallest absolute Gasteiger partial charge is 0.260 e. The first kappa shape index (κ1) is 19.3. The molecule has 1 aromatic carbocycles. The summed E-state index contributed by atoms with van der Waals surface area (Å²) < 4.78 is 27.0. The Kier molecular flexibility index (Phi) is 5.36. The number of carbonyl (C=O) groups is 2. The molecule has 3 aliphatic heterocycles. The Hall–Kier alpha value is -2.02. The van der Waals surface area contributed by atoms with E-state index in [4.69, 9.17) is 0 Å². The standard InChI is InChI=1S/C21H27F2N3O2/c22-21(23)10-3-5-17(24-14-21)20(28)25-11-7-16(8-12-25)19(27)26-13-9-15-4-1-2-6-18(15)26/h1-2,4,6,16-17,24H,3,5,7-14H2. The van der Waals surface area contributed by atoms with E-state index in [1.165, 1.54) is 5.56 Å². The van der Waals surface area contributed by atoms with Crippen molar-refractivity contribution in [3.05, 3.63) is 29.8 Å². The molecule has 2 fully saturated rings. The molecular formula is C21H27F2N3O2. The molecule has 3 aliphatic rings. The van der Waals surface area contributed by atoms with Gasteiger partial charge in [-0.25, -0.2) is 8.78 Å². The zero-order valence-corrected chi connectivity index (χ0v) is 16.0. The van der Waals surface area contributed by atoms with Crippen molar-refractivity contribution in [2.75, 3.05) is 31.1 Å². The number of benzene rings is 1. The fourth-order valence-electron chi connectivity index (χ4n) is 4.59. The number of alkyl halides is 2. The molecule has 0 spiro atoms. The Bertz CT molecular complexity index is 747. The highest BCUT2D eigenvalue weighted by molar-refractivity contribution is 5.97. The maximum absolute atomic E-state index is 13.5. The van der Waals surface area contributed by atoms with Crippen LogP contribution in [0.25, 0.3) is 0 Å². The summed E-state index contributed by atoms with van der Waals surface area (Å²) in [6, 6.07) is 7.47. The average Bonchev–Trinajstić information content (AvgIpc) is 3.05. The molecule has 5 nitrogen and oxygen atoms in total. The number of anilines is 1. The summed E-state index contributed by atoms with van der Waals surface area (Å²) in [7, 11) is 0. The Balaban J connectivity index is 1.32. The van der Waals surface area contributed by atoms with Gasteiger partial charge in [-0.3, -0.25) is 9.59 Å². The quantitative estimate of drug-likeness (QED) is 0.843. The zero-order valence-electron chi connectivity index (χ0n) is 16.0. The van der Waals surface area contributed by atoms with E-state index in [9.17, 15) is 18.4 Å². The van der Waals surface area contributed by atoms with E-state index in [0.29, 0.717) is 38.8 Å². The van der Waals surface area contributed by atoms with E-state index in [-0.39, 0.29) is 24.2 Å². The number of nitrogens with one attached hydrogen (secondary N) is 1. The van der Waals surface area contributed by atoms with Crippen molar-refractivity contribution >= 4 is 17.5 Å². The van der Waals surface area contributed by atoms with Crippen molar-refractivity contribution in [2.45, 2.75) is 50.5 Å². The molecule has 0 aromatic heterocycles. The Labute approximate surface area is 164 Å². The second kappa shape index (κ2) is 7.78. The molecular weight excluding hydrogens is 364 g/mol. The number of para-hydroxylation sites is 1. The van der Waals surface area contributed by atoms with E-state index in [0.717, 1.165) is 18.7 Å². The minimum Gasteiger partial charge on any atom is -0.341 e. The molecule has 1 N–H and O–H groups in total. The van der Waals surface area contributed by atoms with Crippen LogP contribution in [0.3, 0.4) is 0 Å². The van der Waals surface area contributed by atoms with Gasteiger partial charge < -0.3 is 15.1 Å². The Morgan fingerprint density at radius 1 is 1.04 bits per heavy atom. The molecule has 7 heteroatoms. The lowest BCUT2D eigenvalue weighted by Crippen LogP contribution is -2.51. The molecule has 0 aliphatic carbocycles. The van der Waals surface area contributed by atoms with Crippen LogP contribution in [-0.2, 0) is 16.0 Å². The van der Waals surface area contributed by atoms with Crippen LogP contribution in [0.4, 0.5) is 14.5 Å². The van der Waals surface area contributed by atoms with Crippen LogP contribution in [0.2, 0.25) is 0 Å². The zero-order chi connectivity index (χ0) is 19.7. The molecule has 1 atom stereocenters. The molecule has 0 radical (unpaired) electrons. The van der Waals surface area contributed by atoms with E-state index in [2.05, 4.69) is 11.4 Å². The van der Waals surface area contributed by atoms with Gasteiger partial charge in [0.2, 0.25) is 11.8 Å². The summed E-state index contributed by atoms with van der Waals surface area (Å²) in [5.74, 6) is -2.78. The van der Waals surface area contributed by atoms with Crippen LogP contribution >= 0.6 is 0 Å². The first-order chi connectivity index (χ1) is 13.4. The predicted molar refractivity (Wildman–Crippen MR) is 102 cm³/mol. The van der Waals surface area contributed by atoms with Crippen molar-refractivity contribution in [1.82, 2.24) is 10.2 Å². The SMILES string of the molecule is O=C(C1CCCC(F)(F)CN1)N1CCC(C(=O)N2CCc3ccccc32)CC1. The summed E-state index contributed by atoms with van der Waals surface area (Å²) in [5.41, 5.74) is 2.22. The van der Waals surface area contributed by atoms with E-state index < -0.39 is 18.5 Å². The number of halogens is 2. The van der Waals surface area contributed by atoms with Gasteiger partial charge >= 0.3 is 0 Å². The van der Waals surface area contributed by atoms with Crippen LogP contribution in [-0.4, -0.2) is 54.9 Å². The lowest BCUT2D eigenvalue weighted by molar-refractivity contribution is -0.137. The summed E-state index contributed by atoms with van der Waals surface area (Å²) in [4.78, 5) is 29.3. The maximum atomic E-state index is 13.5. The summed E-state index contributed by atoms with van der Waals surface area (Å²) in [6.07, 6.45) is 2.77. The first-order valence-electron chi connectivity index (χ1n) is 10.2. The molecule has 1 unspecified atom stereocenters. The molecule has 0 bridgehead atoms. The third-order valence-corrected chi connectivity index (χ3v) is 6.25. The van der Waals surface area contributed by atoms with Crippen molar-refractivity contribution in [3.8, 4) is 0 Å². The van der Waals surface area contributed by atoms with Crippen LogP contribution in [0.1, 0.15) is 37.7 Å². The van der Waals surface area contributed by atoms with Gasteiger partial charge in [-0.2, -0.15) is 0 Å². The van der Waals surface area contributed by atoms with Crippen molar-refractivity contribution in [3.63, 3.8) is 0 Å². The fraction of sp³-hybridized carbons (Fsp3) is 0.619. The summed E-state index contributed by atoms with van der Waals surface area (Å²) in [5, 5.41) is 2.74. The van der Waals surface area contributed by atoms with Crippen LogP contribution < -0.4 is 10.2 Å². The van der Waals surface area contributed by atoms with E-state index >= 15 is 0 Å². The number of carbonyl (C=O) groups excluding carboxylic acids is 2. The van der Waals surface area contributed by atoms with Crippen molar-refractivity contribution in [1.29, 1.82) is 0 Å². The lowest BCUT2D eigenvalue weighted by Gasteiger charge is -2.35. The number of likely N-dealkylation sites (tertiary alicyclic amines) is 1. The number of piperidine rings is 1. The number of fused-ring (bicyclic) bond motifs is 1. The molecule has 2 saturated heterocycles. The van der Waals surface area contributed by atoms with Gasteiger partial charge in [0.15, 0.2) is 0 Å².